The first-order chi connectivity index (χ1) is 9.72. The van der Waals surface area contributed by atoms with Crippen LogP contribution in [0.3, 0.4) is 0 Å². The summed E-state index contributed by atoms with van der Waals surface area (Å²) in [6, 6.07) is -1.10. The summed E-state index contributed by atoms with van der Waals surface area (Å²) in [6.07, 6.45) is -4.67. The molecule has 1 rings (SSSR count). The van der Waals surface area contributed by atoms with Crippen LogP contribution in [0.25, 0.3) is 0 Å². The quantitative estimate of drug-likeness (QED) is 0.468. The highest BCUT2D eigenvalue weighted by atomic mass is 16.7. The zero-order valence-corrected chi connectivity index (χ0v) is 12.0. The van der Waals surface area contributed by atoms with E-state index in [0.29, 0.717) is 0 Å². The Morgan fingerprint density at radius 3 is 2.05 bits per heavy atom. The number of rotatable bonds is 4. The number of carbonyl (C=O) groups is 3. The molecule has 0 spiro atoms. The summed E-state index contributed by atoms with van der Waals surface area (Å²) >= 11 is 0. The summed E-state index contributed by atoms with van der Waals surface area (Å²) in [5, 5.41) is 9.73. The van der Waals surface area contributed by atoms with E-state index in [-0.39, 0.29) is 6.61 Å². The Labute approximate surface area is 121 Å². The molecule has 0 aliphatic carbocycles. The van der Waals surface area contributed by atoms with Crippen molar-refractivity contribution in [2.24, 2.45) is 5.73 Å². The molecule has 0 aromatic rings. The van der Waals surface area contributed by atoms with Crippen LogP contribution in [0.5, 0.6) is 0 Å². The second-order valence-electron chi connectivity index (χ2n) is 4.59. The number of hydrogen-bond acceptors (Lipinski definition) is 9. The van der Waals surface area contributed by atoms with E-state index in [1.54, 1.807) is 0 Å². The van der Waals surface area contributed by atoms with Gasteiger partial charge in [0.2, 0.25) is 0 Å². The second-order valence-corrected chi connectivity index (χ2v) is 4.59. The fraction of sp³-hybridized carbons (Fsp3) is 0.750. The van der Waals surface area contributed by atoms with Crippen LogP contribution in [0.1, 0.15) is 20.8 Å². The van der Waals surface area contributed by atoms with E-state index < -0.39 is 48.6 Å². The smallest absolute Gasteiger partial charge is 0.303 e. The van der Waals surface area contributed by atoms with Crippen LogP contribution in [0.15, 0.2) is 0 Å². The van der Waals surface area contributed by atoms with Gasteiger partial charge in [0, 0.05) is 20.8 Å². The minimum Gasteiger partial charge on any atom is -0.463 e. The van der Waals surface area contributed by atoms with Gasteiger partial charge in [-0.15, -0.1) is 0 Å². The molecule has 5 atom stereocenters. The van der Waals surface area contributed by atoms with Gasteiger partial charge in [-0.1, -0.05) is 0 Å². The Hall–Kier alpha value is -1.71. The van der Waals surface area contributed by atoms with Crippen molar-refractivity contribution in [1.29, 1.82) is 0 Å². The first kappa shape index (κ1) is 17.3. The highest BCUT2D eigenvalue weighted by molar-refractivity contribution is 5.67. The lowest BCUT2D eigenvalue weighted by molar-refractivity contribution is -0.260. The van der Waals surface area contributed by atoms with Crippen LogP contribution in [-0.2, 0) is 33.3 Å². The summed E-state index contributed by atoms with van der Waals surface area (Å²) in [5.74, 6) is -1.89. The monoisotopic (exact) mass is 305 g/mol. The number of ether oxygens (including phenoxy) is 4. The third-order valence-corrected chi connectivity index (χ3v) is 2.77. The molecule has 3 N–H and O–H groups in total. The van der Waals surface area contributed by atoms with Gasteiger partial charge < -0.3 is 29.8 Å². The lowest BCUT2D eigenvalue weighted by Crippen LogP contribution is -2.64. The molecular formula is C12H19NO8. The molecule has 1 fully saturated rings. The van der Waals surface area contributed by atoms with Crippen molar-refractivity contribution in [2.75, 3.05) is 6.61 Å². The molecule has 120 valence electrons. The Morgan fingerprint density at radius 2 is 1.57 bits per heavy atom. The number of esters is 3. The number of hydrogen-bond donors (Lipinski definition) is 2. The van der Waals surface area contributed by atoms with E-state index in [0.717, 1.165) is 13.8 Å². The lowest BCUT2D eigenvalue weighted by Gasteiger charge is -2.41. The van der Waals surface area contributed by atoms with Gasteiger partial charge in [-0.25, -0.2) is 0 Å². The Balaban J connectivity index is 2.94. The van der Waals surface area contributed by atoms with Crippen LogP contribution in [-0.4, -0.2) is 60.3 Å². The predicted octanol–water partition coefficient (Wildman–Crippen LogP) is -1.54. The third-order valence-electron chi connectivity index (χ3n) is 2.77. The van der Waals surface area contributed by atoms with Crippen LogP contribution < -0.4 is 5.73 Å². The third kappa shape index (κ3) is 4.96. The van der Waals surface area contributed by atoms with Crippen molar-refractivity contribution >= 4 is 17.9 Å². The maximum Gasteiger partial charge on any atom is 0.303 e. The van der Waals surface area contributed by atoms with Gasteiger partial charge in [0.05, 0.1) is 6.04 Å². The van der Waals surface area contributed by atoms with Crippen molar-refractivity contribution in [3.63, 3.8) is 0 Å². The van der Waals surface area contributed by atoms with E-state index in [1.807, 2.05) is 0 Å². The highest BCUT2D eigenvalue weighted by Gasteiger charge is 2.48. The summed E-state index contributed by atoms with van der Waals surface area (Å²) in [4.78, 5) is 33.2. The fourth-order valence-corrected chi connectivity index (χ4v) is 1.95. The number of carbonyl (C=O) groups excluding carboxylic acids is 3. The summed E-state index contributed by atoms with van der Waals surface area (Å²) in [7, 11) is 0. The van der Waals surface area contributed by atoms with Gasteiger partial charge in [0.25, 0.3) is 0 Å². The molecule has 0 aromatic heterocycles. The van der Waals surface area contributed by atoms with Crippen molar-refractivity contribution < 1.29 is 38.4 Å². The normalized spacial score (nSPS) is 32.1. The SMILES string of the molecule is CC(=O)OCC1OC(O)[C@@H](N)C(OC(C)=O)[C@@H]1OC(C)=O. The largest absolute Gasteiger partial charge is 0.463 e. The summed E-state index contributed by atoms with van der Waals surface area (Å²) in [5.41, 5.74) is 5.70. The van der Waals surface area contributed by atoms with Gasteiger partial charge in [-0.2, -0.15) is 0 Å². The van der Waals surface area contributed by atoms with Gasteiger partial charge in [-0.05, 0) is 0 Å². The minimum atomic E-state index is -1.46. The first-order valence-electron chi connectivity index (χ1n) is 6.29. The molecule has 1 saturated heterocycles. The topological polar surface area (TPSA) is 134 Å². The van der Waals surface area contributed by atoms with Gasteiger partial charge in [-0.3, -0.25) is 14.4 Å². The highest BCUT2D eigenvalue weighted by Crippen LogP contribution is 2.24. The molecule has 9 heteroatoms. The number of aliphatic hydroxyl groups excluding tert-OH is 1. The van der Waals surface area contributed by atoms with E-state index in [1.165, 1.54) is 6.92 Å². The molecule has 0 aromatic carbocycles. The van der Waals surface area contributed by atoms with Gasteiger partial charge in [0.1, 0.15) is 12.7 Å². The van der Waals surface area contributed by atoms with Crippen LogP contribution in [0.4, 0.5) is 0 Å². The summed E-state index contributed by atoms with van der Waals surface area (Å²) in [6.45, 7) is 3.22. The van der Waals surface area contributed by atoms with Crippen LogP contribution in [0, 0.1) is 0 Å². The molecule has 21 heavy (non-hydrogen) atoms. The van der Waals surface area contributed by atoms with E-state index in [4.69, 9.17) is 24.7 Å². The van der Waals surface area contributed by atoms with Crippen molar-refractivity contribution in [3.8, 4) is 0 Å². The standard InChI is InChI=1S/C12H19NO8/c1-5(14)18-4-8-10(19-6(2)15)11(20-7(3)16)9(13)12(17)21-8/h8-12,17H,4,13H2,1-3H3/t8?,9-,10+,11?,12?/m0/s1. The van der Waals surface area contributed by atoms with Crippen molar-refractivity contribution in [3.05, 3.63) is 0 Å². The molecule has 1 aliphatic heterocycles. The molecule has 3 unspecified atom stereocenters. The van der Waals surface area contributed by atoms with Gasteiger partial charge >= 0.3 is 17.9 Å². The molecule has 9 nitrogen and oxygen atoms in total. The molecule has 0 bridgehead atoms. The van der Waals surface area contributed by atoms with E-state index in [9.17, 15) is 19.5 Å². The maximum absolute atomic E-state index is 11.2. The first-order valence-corrected chi connectivity index (χ1v) is 6.29. The Kier molecular flexibility index (Phi) is 6.06. The van der Waals surface area contributed by atoms with E-state index >= 15 is 0 Å². The van der Waals surface area contributed by atoms with Crippen LogP contribution in [0.2, 0.25) is 0 Å². The maximum atomic E-state index is 11.2. The number of nitrogens with two attached hydrogens (primary N) is 1. The predicted molar refractivity (Wildman–Crippen MR) is 66.6 cm³/mol. The zero-order chi connectivity index (χ0) is 16.2. The second kappa shape index (κ2) is 7.34. The van der Waals surface area contributed by atoms with Gasteiger partial charge in [0.15, 0.2) is 18.5 Å². The fourth-order valence-electron chi connectivity index (χ4n) is 1.95. The molecule has 1 heterocycles. The Bertz CT molecular complexity index is 412. The molecule has 0 radical (unpaired) electrons. The average molecular weight is 305 g/mol. The molecular weight excluding hydrogens is 286 g/mol. The van der Waals surface area contributed by atoms with Crippen molar-refractivity contribution in [1.82, 2.24) is 0 Å². The molecule has 1 aliphatic rings. The molecule has 0 amide bonds. The van der Waals surface area contributed by atoms with Crippen LogP contribution >= 0.6 is 0 Å². The lowest BCUT2D eigenvalue weighted by atomic mass is 9.97. The average Bonchev–Trinajstić information content (AvgIpc) is 2.35. The minimum absolute atomic E-state index is 0.283. The zero-order valence-electron chi connectivity index (χ0n) is 12.0. The Morgan fingerprint density at radius 1 is 1.05 bits per heavy atom. The summed E-state index contributed by atoms with van der Waals surface area (Å²) < 4.78 is 20.0. The van der Waals surface area contributed by atoms with E-state index in [2.05, 4.69) is 0 Å². The molecule has 0 saturated carbocycles. The number of aliphatic hydroxyl groups is 1. The van der Waals surface area contributed by atoms with Crippen molar-refractivity contribution in [2.45, 2.75) is 51.4 Å².